The Morgan fingerprint density at radius 2 is 1.90 bits per heavy atom. The average Bonchev–Trinajstić information content (AvgIpc) is 3.32. The number of carbonyl (C=O) groups is 2. The Bertz CT molecular complexity index is 1190. The van der Waals surface area contributed by atoms with Crippen LogP contribution in [-0.4, -0.2) is 28.6 Å². The average molecular weight is 407 g/mol. The molecule has 0 saturated carbocycles. The summed E-state index contributed by atoms with van der Waals surface area (Å²) in [6.07, 6.45) is 0. The molecule has 0 aliphatic carbocycles. The molecular formula is C21H17N3O4S. The fourth-order valence-corrected chi connectivity index (χ4v) is 3.78. The summed E-state index contributed by atoms with van der Waals surface area (Å²) in [5, 5.41) is 7.21. The lowest BCUT2D eigenvalue weighted by molar-refractivity contribution is -0.119. The molecule has 0 bridgehead atoms. The quantitative estimate of drug-likeness (QED) is 0.494. The molecule has 2 aromatic carbocycles. The number of carbonyl (C=O) groups excluding carboxylic acids is 2. The van der Waals surface area contributed by atoms with Gasteiger partial charge in [0.1, 0.15) is 5.01 Å². The summed E-state index contributed by atoms with van der Waals surface area (Å²) in [6, 6.07) is 15.0. The number of rotatable bonds is 5. The van der Waals surface area contributed by atoms with Crippen molar-refractivity contribution in [3.63, 3.8) is 0 Å². The van der Waals surface area contributed by atoms with E-state index in [1.807, 2.05) is 24.3 Å². The number of hydrogen-bond donors (Lipinski definition) is 1. The fourth-order valence-electron chi connectivity index (χ4n) is 2.71. The molecular weight excluding hydrogens is 390 g/mol. The second-order valence-electron chi connectivity index (χ2n) is 6.52. The van der Waals surface area contributed by atoms with Crippen molar-refractivity contribution in [2.75, 3.05) is 11.9 Å². The molecule has 7 nitrogen and oxygen atoms in total. The number of anilines is 1. The maximum atomic E-state index is 12.0. The van der Waals surface area contributed by atoms with Gasteiger partial charge in [-0.3, -0.25) is 4.79 Å². The summed E-state index contributed by atoms with van der Waals surface area (Å²) in [4.78, 5) is 28.4. The minimum atomic E-state index is -0.734. The number of benzene rings is 2. The van der Waals surface area contributed by atoms with Gasteiger partial charge in [0.2, 0.25) is 5.76 Å². The third-order valence-electron chi connectivity index (χ3n) is 4.12. The molecule has 1 amide bonds. The lowest BCUT2D eigenvalue weighted by Crippen LogP contribution is -2.20. The Morgan fingerprint density at radius 3 is 2.62 bits per heavy atom. The SMILES string of the molecule is Cc1ccc2nc(-c3ccc(NC(=O)COC(=O)c4cc(C)no4)cc3)sc2c1. The highest BCUT2D eigenvalue weighted by Gasteiger charge is 2.15. The zero-order chi connectivity index (χ0) is 20.4. The van der Waals surface area contributed by atoms with Crippen LogP contribution in [0.25, 0.3) is 20.8 Å². The second-order valence-corrected chi connectivity index (χ2v) is 7.56. The number of fused-ring (bicyclic) bond motifs is 1. The number of nitrogens with zero attached hydrogens (tertiary/aromatic N) is 2. The van der Waals surface area contributed by atoms with Gasteiger partial charge in [-0.05, 0) is 55.8 Å². The molecule has 2 aromatic heterocycles. The van der Waals surface area contributed by atoms with Gasteiger partial charge in [-0.1, -0.05) is 11.2 Å². The van der Waals surface area contributed by atoms with E-state index in [1.54, 1.807) is 30.4 Å². The normalized spacial score (nSPS) is 10.8. The van der Waals surface area contributed by atoms with Crippen LogP contribution in [0.3, 0.4) is 0 Å². The Hall–Kier alpha value is -3.52. The van der Waals surface area contributed by atoms with Gasteiger partial charge in [0.25, 0.3) is 5.91 Å². The molecule has 0 aliphatic rings. The van der Waals surface area contributed by atoms with E-state index in [-0.39, 0.29) is 5.76 Å². The number of thiazole rings is 1. The van der Waals surface area contributed by atoms with Crippen LogP contribution < -0.4 is 5.32 Å². The van der Waals surface area contributed by atoms with E-state index in [0.29, 0.717) is 11.4 Å². The van der Waals surface area contributed by atoms with Gasteiger partial charge in [0.05, 0.1) is 15.9 Å². The molecule has 0 atom stereocenters. The predicted molar refractivity (Wildman–Crippen MR) is 110 cm³/mol. The molecule has 4 aromatic rings. The van der Waals surface area contributed by atoms with E-state index >= 15 is 0 Å². The van der Waals surface area contributed by atoms with Gasteiger partial charge in [-0.2, -0.15) is 0 Å². The molecule has 0 saturated heterocycles. The highest BCUT2D eigenvalue weighted by atomic mass is 32.1. The third kappa shape index (κ3) is 4.33. The summed E-state index contributed by atoms with van der Waals surface area (Å²) >= 11 is 1.63. The third-order valence-corrected chi connectivity index (χ3v) is 5.19. The van der Waals surface area contributed by atoms with Crippen LogP contribution >= 0.6 is 11.3 Å². The minimum absolute atomic E-state index is 0.0364. The first-order valence-electron chi connectivity index (χ1n) is 8.86. The lowest BCUT2D eigenvalue weighted by atomic mass is 10.2. The largest absolute Gasteiger partial charge is 0.450 e. The lowest BCUT2D eigenvalue weighted by Gasteiger charge is -2.06. The second kappa shape index (κ2) is 7.84. The van der Waals surface area contributed by atoms with Crippen molar-refractivity contribution in [3.8, 4) is 10.6 Å². The number of ether oxygens (including phenoxy) is 1. The van der Waals surface area contributed by atoms with Crippen LogP contribution in [0.1, 0.15) is 21.8 Å². The van der Waals surface area contributed by atoms with E-state index < -0.39 is 18.5 Å². The summed E-state index contributed by atoms with van der Waals surface area (Å²) in [7, 11) is 0. The van der Waals surface area contributed by atoms with Gasteiger partial charge in [0, 0.05) is 17.3 Å². The maximum Gasteiger partial charge on any atom is 0.377 e. The molecule has 0 aliphatic heterocycles. The zero-order valence-electron chi connectivity index (χ0n) is 15.8. The Balaban J connectivity index is 1.37. The first-order chi connectivity index (χ1) is 14.0. The fraction of sp³-hybridized carbons (Fsp3) is 0.143. The van der Waals surface area contributed by atoms with Gasteiger partial charge in [0.15, 0.2) is 6.61 Å². The Labute approximate surface area is 170 Å². The monoisotopic (exact) mass is 407 g/mol. The Morgan fingerprint density at radius 1 is 1.10 bits per heavy atom. The van der Waals surface area contributed by atoms with Crippen molar-refractivity contribution in [2.24, 2.45) is 0 Å². The molecule has 0 fully saturated rings. The maximum absolute atomic E-state index is 12.0. The first kappa shape index (κ1) is 18.8. The molecule has 1 N–H and O–H groups in total. The smallest absolute Gasteiger partial charge is 0.377 e. The molecule has 0 unspecified atom stereocenters. The molecule has 29 heavy (non-hydrogen) atoms. The van der Waals surface area contributed by atoms with E-state index in [2.05, 4.69) is 28.4 Å². The van der Waals surface area contributed by atoms with Crippen molar-refractivity contribution in [2.45, 2.75) is 13.8 Å². The zero-order valence-corrected chi connectivity index (χ0v) is 16.6. The van der Waals surface area contributed by atoms with Crippen LogP contribution in [-0.2, 0) is 9.53 Å². The van der Waals surface area contributed by atoms with Crippen LogP contribution in [0, 0.1) is 13.8 Å². The van der Waals surface area contributed by atoms with E-state index in [0.717, 1.165) is 20.8 Å². The summed E-state index contributed by atoms with van der Waals surface area (Å²) < 4.78 is 10.9. The van der Waals surface area contributed by atoms with Gasteiger partial charge >= 0.3 is 5.97 Å². The molecule has 4 rings (SSSR count). The van der Waals surface area contributed by atoms with Crippen molar-refractivity contribution in [1.29, 1.82) is 0 Å². The van der Waals surface area contributed by atoms with E-state index in [4.69, 9.17) is 9.26 Å². The number of esters is 1. The van der Waals surface area contributed by atoms with E-state index in [1.165, 1.54) is 11.6 Å². The predicted octanol–water partition coefficient (Wildman–Crippen LogP) is 4.36. The summed E-state index contributed by atoms with van der Waals surface area (Å²) in [5.41, 5.74) is 4.29. The van der Waals surface area contributed by atoms with Gasteiger partial charge in [-0.15, -0.1) is 11.3 Å². The number of nitrogens with one attached hydrogen (secondary N) is 1. The minimum Gasteiger partial charge on any atom is -0.450 e. The van der Waals surface area contributed by atoms with E-state index in [9.17, 15) is 9.59 Å². The van der Waals surface area contributed by atoms with Crippen LogP contribution in [0.2, 0.25) is 0 Å². The molecule has 146 valence electrons. The number of amides is 1. The van der Waals surface area contributed by atoms with Crippen LogP contribution in [0.5, 0.6) is 0 Å². The summed E-state index contributed by atoms with van der Waals surface area (Å²) in [6.45, 7) is 3.32. The molecule has 2 heterocycles. The molecule has 0 radical (unpaired) electrons. The Kier molecular flexibility index (Phi) is 5.09. The van der Waals surface area contributed by atoms with Crippen molar-refractivity contribution in [3.05, 3.63) is 65.5 Å². The topological polar surface area (TPSA) is 94.3 Å². The number of aromatic nitrogens is 2. The van der Waals surface area contributed by atoms with Gasteiger partial charge < -0.3 is 14.6 Å². The van der Waals surface area contributed by atoms with Crippen molar-refractivity contribution in [1.82, 2.24) is 10.1 Å². The number of aryl methyl sites for hydroxylation is 2. The van der Waals surface area contributed by atoms with Crippen LogP contribution in [0.15, 0.2) is 53.1 Å². The van der Waals surface area contributed by atoms with Crippen LogP contribution in [0.4, 0.5) is 5.69 Å². The standard InChI is InChI=1S/C21H17N3O4S/c1-12-3-8-16-18(9-12)29-20(23-16)14-4-6-15(7-5-14)22-19(25)11-27-21(26)17-10-13(2)24-28-17/h3-10H,11H2,1-2H3,(H,22,25). The molecule has 0 spiro atoms. The molecule has 8 heteroatoms. The highest BCUT2D eigenvalue weighted by Crippen LogP contribution is 2.31. The van der Waals surface area contributed by atoms with Crippen molar-refractivity contribution >= 4 is 39.1 Å². The first-order valence-corrected chi connectivity index (χ1v) is 9.67. The van der Waals surface area contributed by atoms with Gasteiger partial charge in [-0.25, -0.2) is 9.78 Å². The number of hydrogen-bond acceptors (Lipinski definition) is 7. The summed E-state index contributed by atoms with van der Waals surface area (Å²) in [5.74, 6) is -1.22. The van der Waals surface area contributed by atoms with Crippen molar-refractivity contribution < 1.29 is 18.8 Å². The highest BCUT2D eigenvalue weighted by molar-refractivity contribution is 7.21.